The van der Waals surface area contributed by atoms with E-state index in [-0.39, 0.29) is 10.8 Å². The monoisotopic (exact) mass is 534 g/mol. The third-order valence-electron chi connectivity index (χ3n) is 6.85. The Morgan fingerprint density at radius 2 is 1.73 bits per heavy atom. The van der Waals surface area contributed by atoms with Crippen molar-refractivity contribution in [3.8, 4) is 0 Å². The van der Waals surface area contributed by atoms with Gasteiger partial charge >= 0.3 is 0 Å². The highest BCUT2D eigenvalue weighted by atomic mass is 32.2. The van der Waals surface area contributed by atoms with E-state index >= 15 is 0 Å². The lowest BCUT2D eigenvalue weighted by Gasteiger charge is -2.22. The zero-order valence-electron chi connectivity index (χ0n) is 21.4. The number of carbonyl (C=O) groups excluding carboxylic acids is 1. The van der Waals surface area contributed by atoms with Gasteiger partial charge in [-0.3, -0.25) is 14.0 Å². The first-order valence-electron chi connectivity index (χ1n) is 12.2. The van der Waals surface area contributed by atoms with Crippen LogP contribution < -0.4 is 9.21 Å². The number of amides is 1. The highest BCUT2D eigenvalue weighted by Gasteiger charge is 2.31. The van der Waals surface area contributed by atoms with Crippen molar-refractivity contribution in [3.63, 3.8) is 0 Å². The number of hydrogen-bond donors (Lipinski definition) is 0. The second-order valence-electron chi connectivity index (χ2n) is 9.59. The zero-order chi connectivity index (χ0) is 26.3. The molecule has 192 valence electrons. The van der Waals surface area contributed by atoms with Crippen LogP contribution in [0.4, 0.5) is 10.8 Å². The maximum absolute atomic E-state index is 13.7. The molecular weight excluding hydrogens is 504 g/mol. The van der Waals surface area contributed by atoms with Gasteiger partial charge in [-0.2, -0.15) is 0 Å². The number of hydrogen-bond acceptors (Lipinski definition) is 6. The normalized spacial score (nSPS) is 13.4. The standard InChI is InChI=1S/C28H30N4O3S2/c1-19-9-14-25-26(20(19)2)29-28(36-25)31(18-17-30(3)4)27(33)22-10-12-23(13-11-22)37(34,35)32-16-15-21-7-5-6-8-24(21)32/h5-14H,15-18H2,1-4H3. The highest BCUT2D eigenvalue weighted by molar-refractivity contribution is 7.92. The summed E-state index contributed by atoms with van der Waals surface area (Å²) < 4.78 is 29.3. The fraction of sp³-hybridized carbons (Fsp3) is 0.286. The molecule has 0 spiro atoms. The van der Waals surface area contributed by atoms with Crippen LogP contribution in [0.25, 0.3) is 10.2 Å². The van der Waals surface area contributed by atoms with E-state index in [2.05, 4.69) is 13.0 Å². The summed E-state index contributed by atoms with van der Waals surface area (Å²) in [6.07, 6.45) is 0.688. The summed E-state index contributed by atoms with van der Waals surface area (Å²) in [6, 6.07) is 17.9. The van der Waals surface area contributed by atoms with Gasteiger partial charge in [0.05, 0.1) is 20.8 Å². The lowest BCUT2D eigenvalue weighted by Crippen LogP contribution is -2.36. The molecule has 0 unspecified atom stereocenters. The topological polar surface area (TPSA) is 73.8 Å². The predicted octanol–water partition coefficient (Wildman–Crippen LogP) is 4.87. The molecule has 9 heteroatoms. The number of sulfonamides is 1. The molecular formula is C28H30N4O3S2. The Morgan fingerprint density at radius 3 is 2.46 bits per heavy atom. The number of likely N-dealkylation sites (N-methyl/N-ethyl adjacent to an activating group) is 1. The Kier molecular flexibility index (Phi) is 6.78. The third-order valence-corrected chi connectivity index (χ3v) is 9.73. The Hall–Kier alpha value is -3.27. The van der Waals surface area contributed by atoms with E-state index in [9.17, 15) is 13.2 Å². The van der Waals surface area contributed by atoms with Crippen LogP contribution in [0.15, 0.2) is 65.6 Å². The van der Waals surface area contributed by atoms with E-state index in [0.717, 1.165) is 32.6 Å². The average molecular weight is 535 g/mol. The van der Waals surface area contributed by atoms with Crippen LogP contribution in [0.3, 0.4) is 0 Å². The maximum Gasteiger partial charge on any atom is 0.264 e. The third kappa shape index (κ3) is 4.74. The number of rotatable bonds is 7. The number of aryl methyl sites for hydroxylation is 2. The van der Waals surface area contributed by atoms with Crippen molar-refractivity contribution < 1.29 is 13.2 Å². The van der Waals surface area contributed by atoms with Crippen molar-refractivity contribution in [2.45, 2.75) is 25.2 Å². The van der Waals surface area contributed by atoms with Gasteiger partial charge in [0.25, 0.3) is 15.9 Å². The van der Waals surface area contributed by atoms with Crippen molar-refractivity contribution in [1.82, 2.24) is 9.88 Å². The minimum absolute atomic E-state index is 0.173. The molecule has 0 saturated carbocycles. The van der Waals surface area contributed by atoms with Gasteiger partial charge in [0.15, 0.2) is 5.13 Å². The van der Waals surface area contributed by atoms with Crippen LogP contribution in [0, 0.1) is 13.8 Å². The molecule has 0 aliphatic carbocycles. The van der Waals surface area contributed by atoms with Gasteiger partial charge in [-0.05, 0) is 87.5 Å². The van der Waals surface area contributed by atoms with Crippen molar-refractivity contribution in [3.05, 3.63) is 82.9 Å². The van der Waals surface area contributed by atoms with Crippen molar-refractivity contribution in [2.75, 3.05) is 42.9 Å². The van der Waals surface area contributed by atoms with Crippen LogP contribution in [-0.4, -0.2) is 57.9 Å². The van der Waals surface area contributed by atoms with Crippen LogP contribution >= 0.6 is 11.3 Å². The smallest absolute Gasteiger partial charge is 0.264 e. The minimum Gasteiger partial charge on any atom is -0.308 e. The Bertz CT molecular complexity index is 1580. The van der Waals surface area contributed by atoms with Crippen molar-refractivity contribution in [2.24, 2.45) is 0 Å². The lowest BCUT2D eigenvalue weighted by molar-refractivity contribution is 0.0985. The molecule has 0 bridgehead atoms. The summed E-state index contributed by atoms with van der Waals surface area (Å²) in [6.45, 7) is 5.65. The van der Waals surface area contributed by atoms with Crippen molar-refractivity contribution in [1.29, 1.82) is 0 Å². The molecule has 1 amide bonds. The number of para-hydroxylation sites is 1. The SMILES string of the molecule is Cc1ccc2sc(N(CCN(C)C)C(=O)c3ccc(S(=O)(=O)N4CCc5ccccc54)cc3)nc2c1C. The van der Waals surface area contributed by atoms with Crippen LogP contribution in [0.1, 0.15) is 27.0 Å². The molecule has 3 aromatic carbocycles. The number of aromatic nitrogens is 1. The fourth-order valence-corrected chi connectivity index (χ4v) is 7.08. The second kappa shape index (κ2) is 9.89. The fourth-order valence-electron chi connectivity index (χ4n) is 4.52. The molecule has 5 rings (SSSR count). The number of fused-ring (bicyclic) bond motifs is 2. The highest BCUT2D eigenvalue weighted by Crippen LogP contribution is 2.34. The van der Waals surface area contributed by atoms with Crippen LogP contribution in [0.5, 0.6) is 0 Å². The molecule has 0 atom stereocenters. The molecule has 0 radical (unpaired) electrons. The summed E-state index contributed by atoms with van der Waals surface area (Å²) in [4.78, 5) is 22.4. The quantitative estimate of drug-likeness (QED) is 0.338. The van der Waals surface area contributed by atoms with Gasteiger partial charge < -0.3 is 4.90 Å². The van der Waals surface area contributed by atoms with E-state index < -0.39 is 10.0 Å². The number of benzene rings is 3. The first-order valence-corrected chi connectivity index (χ1v) is 14.5. The minimum atomic E-state index is -3.72. The molecule has 2 heterocycles. The number of anilines is 2. The van der Waals surface area contributed by atoms with E-state index in [4.69, 9.17) is 4.98 Å². The van der Waals surface area contributed by atoms with Crippen LogP contribution in [0.2, 0.25) is 0 Å². The van der Waals surface area contributed by atoms with E-state index in [1.54, 1.807) is 17.0 Å². The number of thiazole rings is 1. The summed E-state index contributed by atoms with van der Waals surface area (Å²) in [5.41, 5.74) is 5.35. The Labute approximate surface area is 222 Å². The number of nitrogens with zero attached hydrogens (tertiary/aromatic N) is 4. The van der Waals surface area contributed by atoms with Crippen molar-refractivity contribution >= 4 is 48.3 Å². The number of carbonyl (C=O) groups is 1. The van der Waals surface area contributed by atoms with E-state index in [1.807, 2.05) is 56.3 Å². The zero-order valence-corrected chi connectivity index (χ0v) is 23.1. The van der Waals surface area contributed by atoms with Crippen LogP contribution in [-0.2, 0) is 16.4 Å². The van der Waals surface area contributed by atoms with Gasteiger partial charge in [-0.1, -0.05) is 35.6 Å². The van der Waals surface area contributed by atoms with Gasteiger partial charge in [0, 0.05) is 25.2 Å². The molecule has 0 fully saturated rings. The maximum atomic E-state index is 13.7. The Balaban J connectivity index is 1.45. The molecule has 1 aliphatic heterocycles. The molecule has 37 heavy (non-hydrogen) atoms. The van der Waals surface area contributed by atoms with E-state index in [0.29, 0.717) is 36.8 Å². The van der Waals surface area contributed by atoms with Gasteiger partial charge in [-0.15, -0.1) is 0 Å². The average Bonchev–Trinajstić information content (AvgIpc) is 3.52. The molecule has 0 saturated heterocycles. The van der Waals surface area contributed by atoms with Gasteiger partial charge in [-0.25, -0.2) is 13.4 Å². The summed E-state index contributed by atoms with van der Waals surface area (Å²) >= 11 is 1.49. The molecule has 0 N–H and O–H groups in total. The first kappa shape index (κ1) is 25.4. The summed E-state index contributed by atoms with van der Waals surface area (Å²) in [7, 11) is 0.203. The summed E-state index contributed by atoms with van der Waals surface area (Å²) in [5.74, 6) is -0.203. The predicted molar refractivity (Wildman–Crippen MR) is 150 cm³/mol. The molecule has 1 aliphatic rings. The molecule has 1 aromatic heterocycles. The lowest BCUT2D eigenvalue weighted by atomic mass is 10.1. The largest absolute Gasteiger partial charge is 0.308 e. The van der Waals surface area contributed by atoms with Gasteiger partial charge in [0.1, 0.15) is 0 Å². The summed E-state index contributed by atoms with van der Waals surface area (Å²) in [5, 5.41) is 0.640. The first-order chi connectivity index (χ1) is 17.7. The Morgan fingerprint density at radius 1 is 1.00 bits per heavy atom. The van der Waals surface area contributed by atoms with Gasteiger partial charge in [0.2, 0.25) is 0 Å². The second-order valence-corrected chi connectivity index (χ2v) is 12.5. The molecule has 7 nitrogen and oxygen atoms in total. The van der Waals surface area contributed by atoms with E-state index in [1.165, 1.54) is 27.8 Å². The molecule has 4 aromatic rings.